The van der Waals surface area contributed by atoms with Gasteiger partial charge in [-0.05, 0) is 41.5 Å². The van der Waals surface area contributed by atoms with E-state index < -0.39 is 11.9 Å². The van der Waals surface area contributed by atoms with Gasteiger partial charge in [-0.25, -0.2) is 9.78 Å². The maximum Gasteiger partial charge on any atom is 0.336 e. The number of nitrogens with zero attached hydrogens (tertiary/aromatic N) is 1. The van der Waals surface area contributed by atoms with Gasteiger partial charge in [0.2, 0.25) is 5.91 Å². The molecule has 0 fully saturated rings. The van der Waals surface area contributed by atoms with Crippen LogP contribution in [0.5, 0.6) is 0 Å². The van der Waals surface area contributed by atoms with Crippen LogP contribution in [0, 0.1) is 0 Å². The zero-order valence-corrected chi connectivity index (χ0v) is 15.3. The van der Waals surface area contributed by atoms with E-state index in [0.29, 0.717) is 28.0 Å². The fraction of sp³-hybridized carbons (Fsp3) is 0. The van der Waals surface area contributed by atoms with Crippen molar-refractivity contribution in [3.63, 3.8) is 0 Å². The number of benzene rings is 2. The largest absolute Gasteiger partial charge is 0.478 e. The molecule has 4 rings (SSSR count). The molecule has 6 heteroatoms. The van der Waals surface area contributed by atoms with Crippen molar-refractivity contribution in [2.24, 2.45) is 5.73 Å². The average Bonchev–Trinajstić information content (AvgIpc) is 3.20. The normalized spacial score (nSPS) is 11.5. The zero-order valence-electron chi connectivity index (χ0n) is 15.3. The van der Waals surface area contributed by atoms with Gasteiger partial charge in [0, 0.05) is 22.7 Å². The second kappa shape index (κ2) is 7.44. The first-order valence-corrected chi connectivity index (χ1v) is 8.92. The molecule has 29 heavy (non-hydrogen) atoms. The topological polar surface area (TPSA) is 109 Å². The third kappa shape index (κ3) is 3.51. The van der Waals surface area contributed by atoms with Crippen LogP contribution in [-0.4, -0.2) is 27.0 Å². The number of carboxylic acid groups (broad SMARTS) is 1. The van der Waals surface area contributed by atoms with E-state index in [-0.39, 0.29) is 11.1 Å². The second-order valence-corrected chi connectivity index (χ2v) is 6.48. The summed E-state index contributed by atoms with van der Waals surface area (Å²) < 4.78 is 0. The van der Waals surface area contributed by atoms with Crippen molar-refractivity contribution in [1.29, 1.82) is 0 Å². The number of hydrogen-bond donors (Lipinski definition) is 3. The number of aromatic nitrogens is 2. The lowest BCUT2D eigenvalue weighted by Crippen LogP contribution is -2.13. The molecule has 2 heterocycles. The number of amides is 1. The van der Waals surface area contributed by atoms with Crippen LogP contribution in [0.25, 0.3) is 33.9 Å². The van der Waals surface area contributed by atoms with Gasteiger partial charge in [-0.15, -0.1) is 0 Å². The van der Waals surface area contributed by atoms with Crippen molar-refractivity contribution in [2.45, 2.75) is 0 Å². The lowest BCUT2D eigenvalue weighted by molar-refractivity contribution is -0.112. The van der Waals surface area contributed by atoms with Gasteiger partial charge < -0.3 is 15.8 Å². The number of aromatic amines is 1. The molecule has 2 aromatic heterocycles. The van der Waals surface area contributed by atoms with Crippen LogP contribution in [0.4, 0.5) is 0 Å². The number of rotatable bonds is 5. The van der Waals surface area contributed by atoms with Crippen molar-refractivity contribution < 1.29 is 14.7 Å². The summed E-state index contributed by atoms with van der Waals surface area (Å²) in [5, 5.41) is 10.7. The molecule has 4 N–H and O–H groups in total. The molecule has 0 unspecified atom stereocenters. The number of nitrogens with two attached hydrogens (primary N) is 1. The van der Waals surface area contributed by atoms with Crippen LogP contribution >= 0.6 is 0 Å². The highest BCUT2D eigenvalue weighted by molar-refractivity contribution is 6.24. The number of H-pyrrole nitrogens is 1. The van der Waals surface area contributed by atoms with E-state index in [2.05, 4.69) is 9.97 Å². The quantitative estimate of drug-likeness (QED) is 0.358. The number of carbonyl (C=O) groups is 2. The van der Waals surface area contributed by atoms with E-state index in [9.17, 15) is 14.7 Å². The van der Waals surface area contributed by atoms with Crippen molar-refractivity contribution in [2.75, 3.05) is 0 Å². The van der Waals surface area contributed by atoms with Crippen molar-refractivity contribution >= 4 is 34.6 Å². The Balaban J connectivity index is 1.97. The molecule has 0 atom stereocenters. The summed E-state index contributed by atoms with van der Waals surface area (Å²) in [5.74, 6) is -1.68. The number of carboxylic acids is 1. The van der Waals surface area contributed by atoms with E-state index >= 15 is 0 Å². The summed E-state index contributed by atoms with van der Waals surface area (Å²) in [6.07, 6.45) is 3.38. The number of carbonyl (C=O) groups excluding carboxylic acids is 1. The summed E-state index contributed by atoms with van der Waals surface area (Å²) in [7, 11) is 0. The Morgan fingerprint density at radius 3 is 2.48 bits per heavy atom. The van der Waals surface area contributed by atoms with Gasteiger partial charge in [-0.2, -0.15) is 0 Å². The summed E-state index contributed by atoms with van der Waals surface area (Å²) in [4.78, 5) is 31.6. The molecule has 2 aromatic carbocycles. The van der Waals surface area contributed by atoms with Gasteiger partial charge in [0.15, 0.2) is 0 Å². The Morgan fingerprint density at radius 1 is 0.966 bits per heavy atom. The van der Waals surface area contributed by atoms with Gasteiger partial charge in [0.25, 0.3) is 0 Å². The number of pyridine rings is 1. The number of fused-ring (bicyclic) bond motifs is 1. The average molecular weight is 383 g/mol. The summed E-state index contributed by atoms with van der Waals surface area (Å²) in [5.41, 5.74) is 8.75. The van der Waals surface area contributed by atoms with Gasteiger partial charge >= 0.3 is 5.97 Å². The Kier molecular flexibility index (Phi) is 4.66. The van der Waals surface area contributed by atoms with Crippen molar-refractivity contribution in [3.8, 4) is 11.3 Å². The standard InChI is InChI=1S/C23H17N3O3/c24-21(27)18(14-5-2-1-3-6-14)13-16-7-4-8-17(23(28)29)20(16)19-10-9-15-11-12-25-22(15)26-19/h1-13H,(H2,24,27)(H,25,26)(H,28,29). The smallest absolute Gasteiger partial charge is 0.336 e. The third-order valence-corrected chi connectivity index (χ3v) is 4.64. The molecule has 142 valence electrons. The minimum absolute atomic E-state index is 0.0917. The minimum Gasteiger partial charge on any atom is -0.478 e. The predicted octanol–water partition coefficient (Wildman–Crippen LogP) is 3.95. The van der Waals surface area contributed by atoms with Crippen LogP contribution < -0.4 is 5.73 Å². The van der Waals surface area contributed by atoms with Crippen LogP contribution in [0.2, 0.25) is 0 Å². The molecular formula is C23H17N3O3. The first-order chi connectivity index (χ1) is 14.0. The number of primary amides is 1. The van der Waals surface area contributed by atoms with E-state index in [1.807, 2.05) is 18.2 Å². The van der Waals surface area contributed by atoms with E-state index in [1.165, 1.54) is 6.07 Å². The molecule has 0 aliphatic carbocycles. The molecule has 4 aromatic rings. The van der Waals surface area contributed by atoms with Crippen molar-refractivity contribution in [3.05, 3.63) is 89.6 Å². The lowest BCUT2D eigenvalue weighted by Gasteiger charge is -2.12. The first kappa shape index (κ1) is 18.2. The molecular weight excluding hydrogens is 366 g/mol. The molecule has 0 spiro atoms. The maximum absolute atomic E-state index is 12.1. The minimum atomic E-state index is -1.08. The number of nitrogens with one attached hydrogen (secondary N) is 1. The highest BCUT2D eigenvalue weighted by Gasteiger charge is 2.18. The first-order valence-electron chi connectivity index (χ1n) is 8.92. The van der Waals surface area contributed by atoms with Gasteiger partial charge in [-0.3, -0.25) is 4.79 Å². The Hall–Kier alpha value is -4.19. The zero-order chi connectivity index (χ0) is 20.4. The molecule has 0 aliphatic rings. The monoisotopic (exact) mass is 383 g/mol. The number of hydrogen-bond acceptors (Lipinski definition) is 3. The SMILES string of the molecule is NC(=O)C(=Cc1cccc(C(=O)O)c1-c1ccc2cc[nH]c2n1)c1ccccc1. The van der Waals surface area contributed by atoms with Crippen LogP contribution in [-0.2, 0) is 4.79 Å². The summed E-state index contributed by atoms with van der Waals surface area (Å²) in [6, 6.07) is 19.4. The molecule has 0 saturated carbocycles. The van der Waals surface area contributed by atoms with Crippen molar-refractivity contribution in [1.82, 2.24) is 9.97 Å². The lowest BCUT2D eigenvalue weighted by atomic mass is 9.94. The molecule has 6 nitrogen and oxygen atoms in total. The second-order valence-electron chi connectivity index (χ2n) is 6.48. The highest BCUT2D eigenvalue weighted by Crippen LogP contribution is 2.31. The van der Waals surface area contributed by atoms with Gasteiger partial charge in [0.05, 0.1) is 11.3 Å². The van der Waals surface area contributed by atoms with E-state index in [1.54, 1.807) is 54.7 Å². The summed E-state index contributed by atoms with van der Waals surface area (Å²) >= 11 is 0. The van der Waals surface area contributed by atoms with Crippen LogP contribution in [0.15, 0.2) is 72.9 Å². The third-order valence-electron chi connectivity index (χ3n) is 4.64. The molecule has 1 amide bonds. The fourth-order valence-corrected chi connectivity index (χ4v) is 3.29. The maximum atomic E-state index is 12.1. The fourth-order valence-electron chi connectivity index (χ4n) is 3.29. The predicted molar refractivity (Wildman–Crippen MR) is 112 cm³/mol. The Morgan fingerprint density at radius 2 is 1.76 bits per heavy atom. The molecule has 0 radical (unpaired) electrons. The van der Waals surface area contributed by atoms with E-state index in [4.69, 9.17) is 5.73 Å². The summed E-state index contributed by atoms with van der Waals surface area (Å²) in [6.45, 7) is 0. The Bertz CT molecular complexity index is 1260. The van der Waals surface area contributed by atoms with Crippen LogP contribution in [0.3, 0.4) is 0 Å². The van der Waals surface area contributed by atoms with E-state index in [0.717, 1.165) is 5.39 Å². The van der Waals surface area contributed by atoms with Crippen LogP contribution in [0.1, 0.15) is 21.5 Å². The Labute approximate surface area is 166 Å². The van der Waals surface area contributed by atoms with Gasteiger partial charge in [-0.1, -0.05) is 42.5 Å². The molecule has 0 saturated heterocycles. The van der Waals surface area contributed by atoms with Gasteiger partial charge in [0.1, 0.15) is 5.65 Å². The molecule has 0 aliphatic heterocycles. The highest BCUT2D eigenvalue weighted by atomic mass is 16.4. The number of aromatic carboxylic acids is 1. The molecule has 0 bridgehead atoms.